The van der Waals surface area contributed by atoms with E-state index in [2.05, 4.69) is 0 Å². The van der Waals surface area contributed by atoms with Gasteiger partial charge in [0.25, 0.3) is 0 Å². The summed E-state index contributed by atoms with van der Waals surface area (Å²) in [7, 11) is 0. The van der Waals surface area contributed by atoms with Crippen LogP contribution in [0.4, 0.5) is 23.2 Å². The molecule has 0 aromatic heterocycles. The van der Waals surface area contributed by atoms with Gasteiger partial charge in [0, 0.05) is 31.6 Å². The third-order valence-electron chi connectivity index (χ3n) is 3.99. The van der Waals surface area contributed by atoms with E-state index in [1.807, 2.05) is 0 Å². The number of esters is 1. The number of rotatable bonds is 3. The van der Waals surface area contributed by atoms with Gasteiger partial charge in [-0.05, 0) is 25.1 Å². The molecule has 0 radical (unpaired) electrons. The number of anilines is 1. The molecule has 0 unspecified atom stereocenters. The lowest BCUT2D eigenvalue weighted by Gasteiger charge is -2.36. The highest BCUT2D eigenvalue weighted by atomic mass is 19.4. The molecule has 0 aliphatic carbocycles. The molecule has 1 heterocycles. The van der Waals surface area contributed by atoms with Crippen LogP contribution in [0.2, 0.25) is 0 Å². The first-order valence-corrected chi connectivity index (χ1v) is 7.43. The van der Waals surface area contributed by atoms with E-state index < -0.39 is 28.9 Å². The molecule has 1 aromatic rings. The van der Waals surface area contributed by atoms with Gasteiger partial charge in [-0.2, -0.15) is 18.4 Å². The zero-order valence-corrected chi connectivity index (χ0v) is 13.0. The smallest absolute Gasteiger partial charge is 0.417 e. The molecule has 4 nitrogen and oxygen atoms in total. The normalized spacial score (nSPS) is 17.2. The van der Waals surface area contributed by atoms with Gasteiger partial charge in [0.1, 0.15) is 0 Å². The van der Waals surface area contributed by atoms with Crippen LogP contribution in [-0.4, -0.2) is 31.3 Å². The Hall–Kier alpha value is -2.30. The molecule has 0 atom stereocenters. The van der Waals surface area contributed by atoms with Gasteiger partial charge in [-0.3, -0.25) is 0 Å². The Labute approximate surface area is 136 Å². The minimum absolute atomic E-state index is 0.0682. The Balaban J connectivity index is 2.18. The summed E-state index contributed by atoms with van der Waals surface area (Å²) in [5, 5.41) is 8.80. The average Bonchev–Trinajstić information content (AvgIpc) is 2.54. The van der Waals surface area contributed by atoms with Crippen molar-refractivity contribution >= 4 is 11.7 Å². The molecule has 1 saturated heterocycles. The highest BCUT2D eigenvalue weighted by Gasteiger charge is 2.43. The second kappa shape index (κ2) is 6.67. The van der Waals surface area contributed by atoms with E-state index >= 15 is 0 Å². The number of benzene rings is 1. The van der Waals surface area contributed by atoms with Gasteiger partial charge < -0.3 is 9.64 Å². The van der Waals surface area contributed by atoms with Gasteiger partial charge >= 0.3 is 12.1 Å². The number of carbonyl (C=O) groups excluding carboxylic acids is 1. The standard InChI is InChI=1S/C16H16F4N2O2/c1-2-24-14(23)15(17)5-7-22(8-6-15)12-4-3-11(10-21)13(9-12)16(18,19)20/h3-4,9H,2,5-8H2,1H3. The van der Waals surface area contributed by atoms with E-state index in [9.17, 15) is 22.4 Å². The molecule has 0 saturated carbocycles. The maximum absolute atomic E-state index is 14.5. The van der Waals surface area contributed by atoms with Crippen molar-refractivity contribution in [3.05, 3.63) is 29.3 Å². The highest BCUT2D eigenvalue weighted by molar-refractivity contribution is 5.80. The fraction of sp³-hybridized carbons (Fsp3) is 0.500. The minimum atomic E-state index is -4.65. The second-order valence-corrected chi connectivity index (χ2v) is 5.51. The fourth-order valence-corrected chi connectivity index (χ4v) is 2.64. The van der Waals surface area contributed by atoms with Crippen LogP contribution < -0.4 is 4.90 Å². The molecule has 0 bridgehead atoms. The Morgan fingerprint density at radius 2 is 2.00 bits per heavy atom. The Morgan fingerprint density at radius 3 is 2.50 bits per heavy atom. The van der Waals surface area contributed by atoms with Crippen LogP contribution in [0, 0.1) is 11.3 Å². The van der Waals surface area contributed by atoms with E-state index in [0.29, 0.717) is 0 Å². The van der Waals surface area contributed by atoms with E-state index in [-0.39, 0.29) is 38.2 Å². The number of halogens is 4. The summed E-state index contributed by atoms with van der Waals surface area (Å²) in [4.78, 5) is 13.2. The Morgan fingerprint density at radius 1 is 1.38 bits per heavy atom. The van der Waals surface area contributed by atoms with Crippen molar-refractivity contribution in [1.82, 2.24) is 0 Å². The molecule has 1 aliphatic heterocycles. The van der Waals surface area contributed by atoms with Crippen molar-refractivity contribution in [2.75, 3.05) is 24.6 Å². The molecule has 24 heavy (non-hydrogen) atoms. The summed E-state index contributed by atoms with van der Waals surface area (Å²) in [5.41, 5.74) is -3.35. The quantitative estimate of drug-likeness (QED) is 0.623. The zero-order chi connectivity index (χ0) is 18.0. The maximum Gasteiger partial charge on any atom is 0.417 e. The minimum Gasteiger partial charge on any atom is -0.464 e. The summed E-state index contributed by atoms with van der Waals surface area (Å²) in [6, 6.07) is 4.89. The second-order valence-electron chi connectivity index (χ2n) is 5.51. The van der Waals surface area contributed by atoms with Crippen molar-refractivity contribution in [3.8, 4) is 6.07 Å². The number of alkyl halides is 4. The van der Waals surface area contributed by atoms with Gasteiger partial charge in [0.05, 0.1) is 23.8 Å². The number of carbonyl (C=O) groups is 1. The molecule has 2 rings (SSSR count). The predicted molar refractivity (Wildman–Crippen MR) is 78.1 cm³/mol. The summed E-state index contributed by atoms with van der Waals surface area (Å²) >= 11 is 0. The largest absolute Gasteiger partial charge is 0.464 e. The van der Waals surface area contributed by atoms with Crippen LogP contribution in [0.5, 0.6) is 0 Å². The van der Waals surface area contributed by atoms with E-state index in [0.717, 1.165) is 12.1 Å². The lowest BCUT2D eigenvalue weighted by Crippen LogP contribution is -2.47. The highest BCUT2D eigenvalue weighted by Crippen LogP contribution is 2.36. The summed E-state index contributed by atoms with van der Waals surface area (Å²) in [5.74, 6) is -0.930. The van der Waals surface area contributed by atoms with Gasteiger partial charge in [-0.15, -0.1) is 0 Å². The molecule has 130 valence electrons. The maximum atomic E-state index is 14.5. The molecule has 1 aromatic carbocycles. The molecule has 1 fully saturated rings. The monoisotopic (exact) mass is 344 g/mol. The SMILES string of the molecule is CCOC(=O)C1(F)CCN(c2ccc(C#N)c(C(F)(F)F)c2)CC1. The van der Waals surface area contributed by atoms with Crippen LogP contribution in [0.3, 0.4) is 0 Å². The molecule has 0 amide bonds. The van der Waals surface area contributed by atoms with E-state index in [1.54, 1.807) is 11.8 Å². The molecule has 0 N–H and O–H groups in total. The van der Waals surface area contributed by atoms with Crippen LogP contribution in [-0.2, 0) is 15.7 Å². The summed E-state index contributed by atoms with van der Waals surface area (Å²) in [6.07, 6.45) is -4.97. The van der Waals surface area contributed by atoms with Crippen LogP contribution >= 0.6 is 0 Å². The van der Waals surface area contributed by atoms with Crippen molar-refractivity contribution in [3.63, 3.8) is 0 Å². The van der Waals surface area contributed by atoms with Crippen molar-refractivity contribution in [1.29, 1.82) is 5.26 Å². The molecule has 0 spiro atoms. The molecular formula is C16H16F4N2O2. The van der Waals surface area contributed by atoms with Gasteiger partial charge in [0.2, 0.25) is 5.67 Å². The number of nitriles is 1. The summed E-state index contributed by atoms with van der Waals surface area (Å²) < 4.78 is 58.2. The van der Waals surface area contributed by atoms with Crippen LogP contribution in [0.15, 0.2) is 18.2 Å². The van der Waals surface area contributed by atoms with Gasteiger partial charge in [0.15, 0.2) is 0 Å². The summed E-state index contributed by atoms with van der Waals surface area (Å²) in [6.45, 7) is 1.81. The van der Waals surface area contributed by atoms with Crippen LogP contribution in [0.1, 0.15) is 30.9 Å². The van der Waals surface area contributed by atoms with E-state index in [1.165, 1.54) is 12.1 Å². The Bertz CT molecular complexity index is 659. The number of hydrogen-bond donors (Lipinski definition) is 0. The topological polar surface area (TPSA) is 53.3 Å². The average molecular weight is 344 g/mol. The lowest BCUT2D eigenvalue weighted by atomic mass is 9.93. The van der Waals surface area contributed by atoms with Crippen molar-refractivity contribution in [2.45, 2.75) is 31.6 Å². The van der Waals surface area contributed by atoms with Crippen molar-refractivity contribution < 1.29 is 27.1 Å². The predicted octanol–water partition coefficient (Wildman–Crippen LogP) is 3.45. The third-order valence-corrected chi connectivity index (χ3v) is 3.99. The first kappa shape index (κ1) is 18.0. The number of nitrogens with zero attached hydrogens (tertiary/aromatic N) is 2. The molecule has 8 heteroatoms. The van der Waals surface area contributed by atoms with Gasteiger partial charge in [-0.1, -0.05) is 0 Å². The van der Waals surface area contributed by atoms with Crippen LogP contribution in [0.25, 0.3) is 0 Å². The van der Waals surface area contributed by atoms with Crippen molar-refractivity contribution in [2.24, 2.45) is 0 Å². The first-order chi connectivity index (χ1) is 11.2. The number of piperidine rings is 1. The Kier molecular flexibility index (Phi) is 5.02. The first-order valence-electron chi connectivity index (χ1n) is 7.43. The number of ether oxygens (including phenoxy) is 1. The fourth-order valence-electron chi connectivity index (χ4n) is 2.64. The molecule has 1 aliphatic rings. The zero-order valence-electron chi connectivity index (χ0n) is 13.0. The van der Waals surface area contributed by atoms with Gasteiger partial charge in [-0.25, -0.2) is 9.18 Å². The van der Waals surface area contributed by atoms with E-state index in [4.69, 9.17) is 10.00 Å². The molecular weight excluding hydrogens is 328 g/mol. The lowest BCUT2D eigenvalue weighted by molar-refractivity contribution is -0.158. The third kappa shape index (κ3) is 3.61. The number of hydrogen-bond acceptors (Lipinski definition) is 4.